The Labute approximate surface area is 162 Å². The van der Waals surface area contributed by atoms with E-state index in [1.807, 2.05) is 44.4 Å². The fraction of sp³-hybridized carbons (Fsp3) is 0.375. The number of imidazole rings is 1. The fourth-order valence-electron chi connectivity index (χ4n) is 4.10. The molecule has 0 saturated carbocycles. The Morgan fingerprint density at radius 1 is 1.11 bits per heavy atom. The van der Waals surface area contributed by atoms with Crippen LogP contribution in [0.2, 0.25) is 0 Å². The number of hydrogen-bond donors (Lipinski definition) is 0. The van der Waals surface area contributed by atoms with E-state index in [1.54, 1.807) is 6.92 Å². The van der Waals surface area contributed by atoms with E-state index in [9.17, 15) is 4.39 Å². The van der Waals surface area contributed by atoms with Crippen molar-refractivity contribution >= 4 is 0 Å². The monoisotopic (exact) mass is 364 g/mol. The van der Waals surface area contributed by atoms with Crippen LogP contribution in [0.4, 0.5) is 4.39 Å². The second kappa shape index (κ2) is 7.30. The zero-order valence-corrected chi connectivity index (χ0v) is 17.2. The first kappa shape index (κ1) is 19.3. The third-order valence-electron chi connectivity index (χ3n) is 5.91. The summed E-state index contributed by atoms with van der Waals surface area (Å²) in [5.74, 6) is 0.862. The number of hydrogen-bond acceptors (Lipinski definition) is 1. The van der Waals surface area contributed by atoms with E-state index in [-0.39, 0.29) is 0 Å². The largest absolute Gasteiger partial charge is 0.299 e. The minimum atomic E-state index is -0.949. The van der Waals surface area contributed by atoms with Crippen LogP contribution in [0.5, 0.6) is 0 Å². The third kappa shape index (κ3) is 3.31. The average Bonchev–Trinajstić information content (AvgIpc) is 3.09. The quantitative estimate of drug-likeness (QED) is 0.506. The van der Waals surface area contributed by atoms with Gasteiger partial charge in [-0.2, -0.15) is 0 Å². The second-order valence-corrected chi connectivity index (χ2v) is 7.80. The first-order valence-corrected chi connectivity index (χ1v) is 9.65. The smallest absolute Gasteiger partial charge is 0.144 e. The summed E-state index contributed by atoms with van der Waals surface area (Å²) in [4.78, 5) is 4.68. The van der Waals surface area contributed by atoms with Gasteiger partial charge in [0.05, 0.1) is 5.69 Å². The summed E-state index contributed by atoms with van der Waals surface area (Å²) in [5, 5.41) is 0. The van der Waals surface area contributed by atoms with Crippen molar-refractivity contribution in [3.8, 4) is 17.1 Å². The Kier molecular flexibility index (Phi) is 5.23. The van der Waals surface area contributed by atoms with E-state index >= 15 is 0 Å². The molecule has 1 aromatic heterocycles. The van der Waals surface area contributed by atoms with Gasteiger partial charge in [0.15, 0.2) is 0 Å². The summed E-state index contributed by atoms with van der Waals surface area (Å²) < 4.78 is 16.8. The van der Waals surface area contributed by atoms with Crippen molar-refractivity contribution in [3.63, 3.8) is 0 Å². The molecule has 1 unspecified atom stereocenters. The number of alkyl halides is 1. The maximum Gasteiger partial charge on any atom is 0.144 e. The zero-order chi connectivity index (χ0) is 19.8. The molecule has 0 radical (unpaired) electrons. The van der Waals surface area contributed by atoms with E-state index in [0.717, 1.165) is 29.1 Å². The molecule has 3 heteroatoms. The first-order valence-electron chi connectivity index (χ1n) is 9.65. The molecule has 2 nitrogen and oxygen atoms in total. The normalized spacial score (nSPS) is 14.8. The summed E-state index contributed by atoms with van der Waals surface area (Å²) in [6.45, 7) is 12.1. The standard InChI is InChI=1S/C24H29FN2/c1-7-24(6,19(5)25)21-11-9-8-10-20(21)23-26-12-13-27(23)22-17(3)14-16(2)15-18(22)4/h8-15,19H,7H2,1-6H3/t19-,24?/m1/s1. The van der Waals surface area contributed by atoms with Crippen molar-refractivity contribution < 1.29 is 4.39 Å². The Morgan fingerprint density at radius 3 is 2.33 bits per heavy atom. The summed E-state index contributed by atoms with van der Waals surface area (Å²) in [6.07, 6.45) is 3.60. The van der Waals surface area contributed by atoms with Crippen LogP contribution in [0.3, 0.4) is 0 Å². The van der Waals surface area contributed by atoms with E-state index in [2.05, 4.69) is 48.5 Å². The lowest BCUT2D eigenvalue weighted by Gasteiger charge is -2.32. The van der Waals surface area contributed by atoms with Gasteiger partial charge in [0.2, 0.25) is 0 Å². The summed E-state index contributed by atoms with van der Waals surface area (Å²) in [7, 11) is 0. The molecule has 2 atom stereocenters. The van der Waals surface area contributed by atoms with Crippen LogP contribution in [-0.4, -0.2) is 15.7 Å². The molecule has 27 heavy (non-hydrogen) atoms. The van der Waals surface area contributed by atoms with Gasteiger partial charge in [-0.3, -0.25) is 4.57 Å². The van der Waals surface area contributed by atoms with Gasteiger partial charge in [-0.05, 0) is 50.8 Å². The van der Waals surface area contributed by atoms with Gasteiger partial charge < -0.3 is 0 Å². The molecule has 0 aliphatic carbocycles. The number of benzene rings is 2. The molecule has 142 valence electrons. The van der Waals surface area contributed by atoms with Crippen LogP contribution in [0.1, 0.15) is 49.4 Å². The molecule has 1 heterocycles. The molecule has 0 bridgehead atoms. The zero-order valence-electron chi connectivity index (χ0n) is 17.2. The lowest BCUT2D eigenvalue weighted by atomic mass is 9.74. The molecule has 3 aromatic rings. The van der Waals surface area contributed by atoms with Gasteiger partial charge >= 0.3 is 0 Å². The molecular formula is C24H29FN2. The molecule has 0 aliphatic rings. The summed E-state index contributed by atoms with van der Waals surface area (Å²) in [6, 6.07) is 12.5. The minimum absolute atomic E-state index is 0.551. The van der Waals surface area contributed by atoms with Crippen LogP contribution in [0, 0.1) is 20.8 Å². The van der Waals surface area contributed by atoms with Crippen LogP contribution < -0.4 is 0 Å². The highest BCUT2D eigenvalue weighted by molar-refractivity contribution is 5.66. The second-order valence-electron chi connectivity index (χ2n) is 7.80. The van der Waals surface area contributed by atoms with Crippen LogP contribution in [0.15, 0.2) is 48.8 Å². The Morgan fingerprint density at radius 2 is 1.74 bits per heavy atom. The molecule has 0 amide bonds. The highest BCUT2D eigenvalue weighted by atomic mass is 19.1. The minimum Gasteiger partial charge on any atom is -0.299 e. The molecular weight excluding hydrogens is 335 g/mol. The highest BCUT2D eigenvalue weighted by Gasteiger charge is 2.34. The van der Waals surface area contributed by atoms with Gasteiger partial charge in [0.1, 0.15) is 12.0 Å². The van der Waals surface area contributed by atoms with Crippen molar-refractivity contribution in [1.29, 1.82) is 0 Å². The third-order valence-corrected chi connectivity index (χ3v) is 5.91. The lowest BCUT2D eigenvalue weighted by Crippen LogP contribution is -2.31. The van der Waals surface area contributed by atoms with Gasteiger partial charge in [-0.25, -0.2) is 9.37 Å². The fourth-order valence-corrected chi connectivity index (χ4v) is 4.10. The molecule has 0 spiro atoms. The van der Waals surface area contributed by atoms with E-state index in [4.69, 9.17) is 0 Å². The van der Waals surface area contributed by atoms with Gasteiger partial charge in [-0.1, -0.05) is 55.8 Å². The van der Waals surface area contributed by atoms with Crippen LogP contribution in [-0.2, 0) is 5.41 Å². The van der Waals surface area contributed by atoms with Crippen molar-refractivity contribution in [3.05, 3.63) is 71.0 Å². The number of aromatic nitrogens is 2. The average molecular weight is 365 g/mol. The summed E-state index contributed by atoms with van der Waals surface area (Å²) >= 11 is 0. The maximum atomic E-state index is 14.6. The Hall–Kier alpha value is -2.42. The maximum absolute atomic E-state index is 14.6. The van der Waals surface area contributed by atoms with Crippen LogP contribution >= 0.6 is 0 Å². The van der Waals surface area contributed by atoms with E-state index in [1.165, 1.54) is 16.7 Å². The predicted octanol–water partition coefficient (Wildman–Crippen LogP) is 6.49. The topological polar surface area (TPSA) is 17.8 Å². The number of nitrogens with zero attached hydrogens (tertiary/aromatic N) is 2. The Balaban J connectivity index is 2.25. The van der Waals surface area contributed by atoms with Crippen LogP contribution in [0.25, 0.3) is 17.1 Å². The molecule has 0 N–H and O–H groups in total. The van der Waals surface area contributed by atoms with Gasteiger partial charge in [0.25, 0.3) is 0 Å². The predicted molar refractivity (Wildman–Crippen MR) is 111 cm³/mol. The summed E-state index contributed by atoms with van der Waals surface area (Å²) in [5.41, 5.74) is 6.27. The molecule has 0 fully saturated rings. The molecule has 0 aliphatic heterocycles. The lowest BCUT2D eigenvalue weighted by molar-refractivity contribution is 0.214. The molecule has 0 saturated heterocycles. The molecule has 3 rings (SSSR count). The molecule has 2 aromatic carbocycles. The van der Waals surface area contributed by atoms with Crippen molar-refractivity contribution in [2.24, 2.45) is 0 Å². The highest BCUT2D eigenvalue weighted by Crippen LogP contribution is 2.39. The van der Waals surface area contributed by atoms with Crippen molar-refractivity contribution in [1.82, 2.24) is 9.55 Å². The number of rotatable bonds is 5. The van der Waals surface area contributed by atoms with Crippen molar-refractivity contribution in [2.75, 3.05) is 0 Å². The Bertz CT molecular complexity index is 932. The van der Waals surface area contributed by atoms with E-state index in [0.29, 0.717) is 0 Å². The van der Waals surface area contributed by atoms with Gasteiger partial charge in [0, 0.05) is 23.4 Å². The number of aryl methyl sites for hydroxylation is 3. The number of halogens is 1. The van der Waals surface area contributed by atoms with E-state index < -0.39 is 11.6 Å². The van der Waals surface area contributed by atoms with Crippen molar-refractivity contribution in [2.45, 2.75) is 59.5 Å². The SMILES string of the molecule is CCC(C)(c1ccccc1-c1nccn1-c1c(C)cc(C)cc1C)[C@@H](C)F. The van der Waals surface area contributed by atoms with Gasteiger partial charge in [-0.15, -0.1) is 0 Å². The first-order chi connectivity index (χ1) is 12.8.